The molecule has 0 spiro atoms. The molecule has 0 amide bonds. The lowest BCUT2D eigenvalue weighted by molar-refractivity contribution is 1.41. The summed E-state index contributed by atoms with van der Waals surface area (Å²) in [5.74, 6) is 0. The third-order valence-electron chi connectivity index (χ3n) is 4.68. The molecular formula is C22H22Si. The first-order valence-electron chi connectivity index (χ1n) is 8.53. The Bertz CT molecular complexity index is 891. The fourth-order valence-corrected chi connectivity index (χ4v) is 4.96. The summed E-state index contributed by atoms with van der Waals surface area (Å²) in [6.07, 6.45) is 5.98. The second-order valence-corrected chi connectivity index (χ2v) is 10.1. The molecule has 23 heavy (non-hydrogen) atoms. The Labute approximate surface area is 139 Å². The SMILES string of the molecule is C[SiH](C)CC1=CCC(c2c3ccccc3cc3ccccc23)=C1. The molecule has 0 aliphatic heterocycles. The quantitative estimate of drug-likeness (QED) is 0.399. The first-order chi connectivity index (χ1) is 11.2. The van der Waals surface area contributed by atoms with E-state index >= 15 is 0 Å². The highest BCUT2D eigenvalue weighted by atomic mass is 28.3. The Balaban J connectivity index is 1.94. The monoisotopic (exact) mass is 314 g/mol. The molecule has 0 fully saturated rings. The predicted molar refractivity (Wildman–Crippen MR) is 106 cm³/mol. The van der Waals surface area contributed by atoms with Crippen molar-refractivity contribution in [2.45, 2.75) is 25.6 Å². The molecule has 0 bridgehead atoms. The zero-order chi connectivity index (χ0) is 15.8. The first kappa shape index (κ1) is 14.5. The molecule has 4 rings (SSSR count). The number of fused-ring (bicyclic) bond motifs is 2. The number of hydrogen-bond acceptors (Lipinski definition) is 0. The molecule has 0 N–H and O–H groups in total. The molecular weight excluding hydrogens is 292 g/mol. The minimum absolute atomic E-state index is 0.557. The molecule has 1 aliphatic rings. The Morgan fingerprint density at radius 2 is 1.48 bits per heavy atom. The highest BCUT2D eigenvalue weighted by molar-refractivity contribution is 6.56. The number of allylic oxidation sites excluding steroid dienone is 4. The number of benzene rings is 3. The van der Waals surface area contributed by atoms with Gasteiger partial charge in [0.25, 0.3) is 0 Å². The van der Waals surface area contributed by atoms with Crippen LogP contribution in [0.4, 0.5) is 0 Å². The van der Waals surface area contributed by atoms with Crippen LogP contribution in [-0.2, 0) is 0 Å². The van der Waals surface area contributed by atoms with Crippen molar-refractivity contribution in [1.29, 1.82) is 0 Å². The van der Waals surface area contributed by atoms with Crippen molar-refractivity contribution >= 4 is 35.9 Å². The third kappa shape index (κ3) is 2.66. The van der Waals surface area contributed by atoms with Gasteiger partial charge in [-0.1, -0.05) is 79.4 Å². The normalized spacial score (nSPS) is 14.6. The van der Waals surface area contributed by atoms with Gasteiger partial charge >= 0.3 is 0 Å². The van der Waals surface area contributed by atoms with E-state index in [9.17, 15) is 0 Å². The molecule has 0 nitrogen and oxygen atoms in total. The van der Waals surface area contributed by atoms with E-state index in [2.05, 4.69) is 79.8 Å². The summed E-state index contributed by atoms with van der Waals surface area (Å²) >= 11 is 0. The molecule has 0 unspecified atom stereocenters. The van der Waals surface area contributed by atoms with Crippen molar-refractivity contribution in [2.75, 3.05) is 0 Å². The van der Waals surface area contributed by atoms with Crippen LogP contribution in [0.2, 0.25) is 19.1 Å². The summed E-state index contributed by atoms with van der Waals surface area (Å²) in [6.45, 7) is 4.86. The molecule has 3 aromatic carbocycles. The van der Waals surface area contributed by atoms with Crippen LogP contribution in [0.15, 0.2) is 72.3 Å². The van der Waals surface area contributed by atoms with E-state index in [1.807, 2.05) is 0 Å². The fourth-order valence-electron chi connectivity index (χ4n) is 3.73. The Morgan fingerprint density at radius 1 is 0.870 bits per heavy atom. The number of rotatable bonds is 3. The predicted octanol–water partition coefficient (Wildman–Crippen LogP) is 6.19. The highest BCUT2D eigenvalue weighted by Gasteiger charge is 2.15. The molecule has 1 heteroatoms. The van der Waals surface area contributed by atoms with E-state index in [0.29, 0.717) is 0 Å². The number of hydrogen-bond donors (Lipinski definition) is 0. The maximum absolute atomic E-state index is 2.46. The second kappa shape index (κ2) is 5.82. The van der Waals surface area contributed by atoms with E-state index < -0.39 is 8.80 Å². The lowest BCUT2D eigenvalue weighted by Gasteiger charge is -2.12. The van der Waals surface area contributed by atoms with Crippen molar-refractivity contribution < 1.29 is 0 Å². The lowest BCUT2D eigenvalue weighted by atomic mass is 9.91. The zero-order valence-corrected chi connectivity index (χ0v) is 15.0. The van der Waals surface area contributed by atoms with Crippen LogP contribution in [0, 0.1) is 0 Å². The lowest BCUT2D eigenvalue weighted by Crippen LogP contribution is -1.98. The van der Waals surface area contributed by atoms with Crippen molar-refractivity contribution in [3.05, 3.63) is 77.9 Å². The molecule has 0 atom stereocenters. The Hall–Kier alpha value is -2.12. The zero-order valence-electron chi connectivity index (χ0n) is 13.8. The smallest absolute Gasteiger partial charge is 0.0352 e. The van der Waals surface area contributed by atoms with Gasteiger partial charge in [0.05, 0.1) is 0 Å². The maximum Gasteiger partial charge on any atom is 0.0352 e. The van der Waals surface area contributed by atoms with E-state index in [-0.39, 0.29) is 0 Å². The van der Waals surface area contributed by atoms with Gasteiger partial charge in [0.2, 0.25) is 0 Å². The summed E-state index contributed by atoms with van der Waals surface area (Å²) in [7, 11) is -0.557. The van der Waals surface area contributed by atoms with Gasteiger partial charge in [-0.2, -0.15) is 0 Å². The van der Waals surface area contributed by atoms with Gasteiger partial charge in [-0.15, -0.1) is 0 Å². The molecule has 1 aliphatic carbocycles. The molecule has 0 radical (unpaired) electrons. The van der Waals surface area contributed by atoms with Gasteiger partial charge in [-0.3, -0.25) is 0 Å². The summed E-state index contributed by atoms with van der Waals surface area (Å²) in [4.78, 5) is 0. The minimum Gasteiger partial charge on any atom is -0.0772 e. The summed E-state index contributed by atoms with van der Waals surface area (Å²) in [5, 5.41) is 5.45. The molecule has 0 aromatic heterocycles. The van der Waals surface area contributed by atoms with E-state index in [1.54, 1.807) is 5.57 Å². The van der Waals surface area contributed by atoms with Crippen LogP contribution in [0.25, 0.3) is 27.1 Å². The standard InChI is InChI=1S/C22H22Si/c1-23(2)15-16-11-12-19(13-16)22-20-9-5-3-7-17(20)14-18-8-4-6-10-21(18)22/h3-11,13-14,23H,12,15H2,1-2H3. The molecule has 0 saturated heterocycles. The van der Waals surface area contributed by atoms with Crippen LogP contribution < -0.4 is 0 Å². The van der Waals surface area contributed by atoms with Gasteiger partial charge in [-0.25, -0.2) is 0 Å². The van der Waals surface area contributed by atoms with Crippen LogP contribution >= 0.6 is 0 Å². The largest absolute Gasteiger partial charge is 0.0772 e. The summed E-state index contributed by atoms with van der Waals surface area (Å²) < 4.78 is 0. The van der Waals surface area contributed by atoms with Gasteiger partial charge < -0.3 is 0 Å². The van der Waals surface area contributed by atoms with Crippen molar-refractivity contribution in [2.24, 2.45) is 0 Å². The van der Waals surface area contributed by atoms with Gasteiger partial charge in [0.1, 0.15) is 0 Å². The van der Waals surface area contributed by atoms with Crippen molar-refractivity contribution in [3.63, 3.8) is 0 Å². The Morgan fingerprint density at radius 3 is 2.09 bits per heavy atom. The van der Waals surface area contributed by atoms with Crippen molar-refractivity contribution in [3.8, 4) is 0 Å². The maximum atomic E-state index is 2.46. The molecule has 3 aromatic rings. The highest BCUT2D eigenvalue weighted by Crippen LogP contribution is 2.38. The van der Waals surface area contributed by atoms with Gasteiger partial charge in [0.15, 0.2) is 0 Å². The van der Waals surface area contributed by atoms with Crippen LogP contribution in [0.3, 0.4) is 0 Å². The third-order valence-corrected chi connectivity index (χ3v) is 5.97. The van der Waals surface area contributed by atoms with Crippen LogP contribution in [-0.4, -0.2) is 8.80 Å². The molecule has 114 valence electrons. The second-order valence-electron chi connectivity index (χ2n) is 6.94. The first-order valence-corrected chi connectivity index (χ1v) is 11.7. The summed E-state index contributed by atoms with van der Waals surface area (Å²) in [6, 6.07) is 21.2. The van der Waals surface area contributed by atoms with E-state index in [0.717, 1.165) is 6.42 Å². The molecule has 0 heterocycles. The minimum atomic E-state index is -0.557. The average molecular weight is 315 g/mol. The van der Waals surface area contributed by atoms with E-state index in [1.165, 1.54) is 38.7 Å². The average Bonchev–Trinajstić information content (AvgIpc) is 2.99. The summed E-state index contributed by atoms with van der Waals surface area (Å²) in [5.41, 5.74) is 4.48. The fraction of sp³-hybridized carbons (Fsp3) is 0.182. The topological polar surface area (TPSA) is 0 Å². The van der Waals surface area contributed by atoms with E-state index in [4.69, 9.17) is 0 Å². The van der Waals surface area contributed by atoms with Crippen LogP contribution in [0.5, 0.6) is 0 Å². The van der Waals surface area contributed by atoms with Gasteiger partial charge in [-0.05, 0) is 51.2 Å². The molecule has 0 saturated carbocycles. The van der Waals surface area contributed by atoms with Gasteiger partial charge in [0, 0.05) is 8.80 Å². The van der Waals surface area contributed by atoms with Crippen molar-refractivity contribution in [1.82, 2.24) is 0 Å². The van der Waals surface area contributed by atoms with Crippen LogP contribution in [0.1, 0.15) is 12.0 Å². The Kier molecular flexibility index (Phi) is 3.66.